The number of aliphatic hydroxyl groups is 1. The number of hydrogen-bond acceptors (Lipinski definition) is 3. The summed E-state index contributed by atoms with van der Waals surface area (Å²) < 4.78 is 1.80. The fraction of sp³-hybridized carbons (Fsp3) is 0.200. The minimum atomic E-state index is -0.638. The monoisotopic (exact) mass is 253 g/mol. The van der Waals surface area contributed by atoms with Gasteiger partial charge in [0.2, 0.25) is 0 Å². The van der Waals surface area contributed by atoms with Gasteiger partial charge in [-0.25, -0.2) is 0 Å². The summed E-state index contributed by atoms with van der Waals surface area (Å²) in [4.78, 5) is 4.24. The molecule has 0 saturated heterocycles. The lowest BCUT2D eigenvalue weighted by molar-refractivity contribution is 0.173. The lowest BCUT2D eigenvalue weighted by atomic mass is 10.1. The summed E-state index contributed by atoms with van der Waals surface area (Å²) in [5.74, 6) is 0. The highest BCUT2D eigenvalue weighted by Crippen LogP contribution is 2.25. The van der Waals surface area contributed by atoms with E-state index in [1.807, 2.05) is 49.5 Å². The summed E-state index contributed by atoms with van der Waals surface area (Å²) in [7, 11) is 1.89. The zero-order valence-corrected chi connectivity index (χ0v) is 10.7. The zero-order chi connectivity index (χ0) is 13.2. The molecule has 3 aromatic rings. The van der Waals surface area contributed by atoms with Crippen LogP contribution in [0.15, 0.2) is 48.7 Å². The van der Waals surface area contributed by atoms with Crippen LogP contribution in [0.2, 0.25) is 0 Å². The highest BCUT2D eigenvalue weighted by atomic mass is 16.3. The number of aromatic nitrogens is 3. The van der Waals surface area contributed by atoms with E-state index in [2.05, 4.69) is 10.1 Å². The van der Waals surface area contributed by atoms with Crippen molar-refractivity contribution in [3.05, 3.63) is 60.0 Å². The average Bonchev–Trinajstić information content (AvgIpc) is 2.78. The van der Waals surface area contributed by atoms with E-state index in [4.69, 9.17) is 0 Å². The molecule has 19 heavy (non-hydrogen) atoms. The Morgan fingerprint density at radius 2 is 1.95 bits per heavy atom. The molecule has 0 aliphatic carbocycles. The number of aliphatic hydroxyl groups excluding tert-OH is 1. The van der Waals surface area contributed by atoms with E-state index in [9.17, 15) is 5.11 Å². The smallest absolute Gasteiger partial charge is 0.104 e. The zero-order valence-electron chi connectivity index (χ0n) is 10.7. The number of fused-ring (bicyclic) bond motifs is 1. The largest absolute Gasteiger partial charge is 0.386 e. The van der Waals surface area contributed by atoms with E-state index in [1.165, 1.54) is 0 Å². The molecule has 0 aliphatic heterocycles. The van der Waals surface area contributed by atoms with Crippen LogP contribution in [0.4, 0.5) is 0 Å². The van der Waals surface area contributed by atoms with E-state index in [-0.39, 0.29) is 0 Å². The van der Waals surface area contributed by atoms with Crippen LogP contribution in [0.1, 0.15) is 17.5 Å². The Labute approximate surface area is 111 Å². The number of hydrogen-bond donors (Lipinski definition) is 1. The van der Waals surface area contributed by atoms with Gasteiger partial charge in [-0.05, 0) is 18.2 Å². The van der Waals surface area contributed by atoms with Crippen LogP contribution in [0.25, 0.3) is 10.9 Å². The Hall–Kier alpha value is -2.20. The molecule has 0 radical (unpaired) electrons. The van der Waals surface area contributed by atoms with Crippen molar-refractivity contribution < 1.29 is 5.11 Å². The van der Waals surface area contributed by atoms with Gasteiger partial charge in [0.25, 0.3) is 0 Å². The van der Waals surface area contributed by atoms with Crippen molar-refractivity contribution in [3.8, 4) is 0 Å². The first-order valence-corrected chi connectivity index (χ1v) is 6.25. The second kappa shape index (κ2) is 4.82. The lowest BCUT2D eigenvalue weighted by Crippen LogP contribution is -2.05. The normalized spacial score (nSPS) is 12.7. The second-order valence-corrected chi connectivity index (χ2v) is 4.57. The quantitative estimate of drug-likeness (QED) is 0.779. The van der Waals surface area contributed by atoms with Crippen LogP contribution in [0.3, 0.4) is 0 Å². The van der Waals surface area contributed by atoms with Gasteiger partial charge >= 0.3 is 0 Å². The first-order valence-electron chi connectivity index (χ1n) is 6.25. The molecule has 0 aliphatic rings. The third-order valence-electron chi connectivity index (χ3n) is 3.23. The van der Waals surface area contributed by atoms with Gasteiger partial charge in [0.1, 0.15) is 6.10 Å². The maximum atomic E-state index is 10.4. The Balaban J connectivity index is 1.96. The van der Waals surface area contributed by atoms with Crippen molar-refractivity contribution >= 4 is 10.9 Å². The van der Waals surface area contributed by atoms with Crippen molar-refractivity contribution in [1.82, 2.24) is 14.8 Å². The van der Waals surface area contributed by atoms with Gasteiger partial charge in [-0.1, -0.05) is 24.3 Å². The third-order valence-corrected chi connectivity index (χ3v) is 3.23. The molecule has 3 rings (SSSR count). The number of para-hydroxylation sites is 1. The first-order chi connectivity index (χ1) is 9.25. The molecular weight excluding hydrogens is 238 g/mol. The molecule has 96 valence electrons. The fourth-order valence-electron chi connectivity index (χ4n) is 2.30. The van der Waals surface area contributed by atoms with Crippen molar-refractivity contribution in [2.45, 2.75) is 12.5 Å². The predicted octanol–water partition coefficient (Wildman–Crippen LogP) is 2.24. The SMILES string of the molecule is Cn1nc(C(O)Cc2ccccn2)c2ccccc21. The topological polar surface area (TPSA) is 50.9 Å². The molecular formula is C15H15N3O. The van der Waals surface area contributed by atoms with Crippen LogP contribution in [0.5, 0.6) is 0 Å². The molecule has 4 heteroatoms. The van der Waals surface area contributed by atoms with Gasteiger partial charge in [0.05, 0.1) is 11.2 Å². The highest BCUT2D eigenvalue weighted by Gasteiger charge is 2.17. The summed E-state index contributed by atoms with van der Waals surface area (Å²) >= 11 is 0. The Kier molecular flexibility index (Phi) is 3.01. The molecule has 1 N–H and O–H groups in total. The number of benzene rings is 1. The standard InChI is InChI=1S/C15H15N3O/c1-18-13-8-3-2-7-12(13)15(17-18)14(19)10-11-6-4-5-9-16-11/h2-9,14,19H,10H2,1H3. The molecule has 0 bridgehead atoms. The van der Waals surface area contributed by atoms with Crippen LogP contribution >= 0.6 is 0 Å². The van der Waals surface area contributed by atoms with Gasteiger partial charge in [-0.2, -0.15) is 5.10 Å². The van der Waals surface area contributed by atoms with Gasteiger partial charge in [-0.3, -0.25) is 9.67 Å². The van der Waals surface area contributed by atoms with Crippen LogP contribution in [-0.2, 0) is 13.5 Å². The van der Waals surface area contributed by atoms with Crippen molar-refractivity contribution in [2.24, 2.45) is 7.05 Å². The maximum absolute atomic E-state index is 10.4. The summed E-state index contributed by atoms with van der Waals surface area (Å²) in [5.41, 5.74) is 2.60. The van der Waals surface area contributed by atoms with Gasteiger partial charge in [-0.15, -0.1) is 0 Å². The number of pyridine rings is 1. The molecule has 1 unspecified atom stereocenters. The lowest BCUT2D eigenvalue weighted by Gasteiger charge is -2.07. The highest BCUT2D eigenvalue weighted by molar-refractivity contribution is 5.82. The summed E-state index contributed by atoms with van der Waals surface area (Å²) in [6.07, 6.45) is 1.57. The Morgan fingerprint density at radius 1 is 1.16 bits per heavy atom. The average molecular weight is 253 g/mol. The summed E-state index contributed by atoms with van der Waals surface area (Å²) in [6.45, 7) is 0. The predicted molar refractivity (Wildman–Crippen MR) is 73.6 cm³/mol. The van der Waals surface area contributed by atoms with E-state index < -0.39 is 6.10 Å². The van der Waals surface area contributed by atoms with E-state index >= 15 is 0 Å². The number of aryl methyl sites for hydroxylation is 1. The second-order valence-electron chi connectivity index (χ2n) is 4.57. The van der Waals surface area contributed by atoms with Crippen LogP contribution < -0.4 is 0 Å². The molecule has 2 heterocycles. The summed E-state index contributed by atoms with van der Waals surface area (Å²) in [5, 5.41) is 15.8. The Bertz CT molecular complexity index is 691. The molecule has 1 atom stereocenters. The van der Waals surface area contributed by atoms with E-state index in [0.717, 1.165) is 16.6 Å². The van der Waals surface area contributed by atoms with E-state index in [1.54, 1.807) is 10.9 Å². The van der Waals surface area contributed by atoms with Gasteiger partial charge < -0.3 is 5.11 Å². The molecule has 2 aromatic heterocycles. The Morgan fingerprint density at radius 3 is 2.74 bits per heavy atom. The third kappa shape index (κ3) is 2.22. The molecule has 4 nitrogen and oxygen atoms in total. The van der Waals surface area contributed by atoms with Gasteiger partial charge in [0, 0.05) is 30.7 Å². The molecule has 0 fully saturated rings. The molecule has 0 saturated carbocycles. The summed E-state index contributed by atoms with van der Waals surface area (Å²) in [6, 6.07) is 13.6. The molecule has 1 aromatic carbocycles. The first kappa shape index (κ1) is 11.9. The molecule has 0 amide bonds. The fourth-order valence-corrected chi connectivity index (χ4v) is 2.30. The van der Waals surface area contributed by atoms with Crippen molar-refractivity contribution in [2.75, 3.05) is 0 Å². The van der Waals surface area contributed by atoms with Gasteiger partial charge in [0.15, 0.2) is 0 Å². The van der Waals surface area contributed by atoms with Crippen molar-refractivity contribution in [1.29, 1.82) is 0 Å². The van der Waals surface area contributed by atoms with Crippen LogP contribution in [0, 0.1) is 0 Å². The molecule has 0 spiro atoms. The van der Waals surface area contributed by atoms with Crippen LogP contribution in [-0.4, -0.2) is 19.9 Å². The number of nitrogens with zero attached hydrogens (tertiary/aromatic N) is 3. The van der Waals surface area contributed by atoms with E-state index in [0.29, 0.717) is 12.1 Å². The number of rotatable bonds is 3. The van der Waals surface area contributed by atoms with Crippen molar-refractivity contribution in [3.63, 3.8) is 0 Å². The minimum Gasteiger partial charge on any atom is -0.386 e. The minimum absolute atomic E-state index is 0.474. The maximum Gasteiger partial charge on any atom is 0.104 e.